The van der Waals surface area contributed by atoms with E-state index in [2.05, 4.69) is 21.2 Å². The fourth-order valence-electron chi connectivity index (χ4n) is 1.80. The quantitative estimate of drug-likeness (QED) is 0.668. The Labute approximate surface area is 132 Å². The summed E-state index contributed by atoms with van der Waals surface area (Å²) in [6, 6.07) is 16.8. The molecule has 4 heteroatoms. The van der Waals surface area contributed by atoms with E-state index in [9.17, 15) is 10.1 Å². The van der Waals surface area contributed by atoms with Gasteiger partial charge in [0, 0.05) is 10.2 Å². The number of nitrogens with one attached hydrogen (secondary N) is 1. The maximum atomic E-state index is 12.2. The molecule has 0 atom stereocenters. The average Bonchev–Trinajstić information content (AvgIpc) is 2.48. The summed E-state index contributed by atoms with van der Waals surface area (Å²) in [5.74, 6) is -0.414. The maximum absolute atomic E-state index is 12.2. The van der Waals surface area contributed by atoms with Crippen LogP contribution >= 0.6 is 15.9 Å². The third kappa shape index (κ3) is 3.80. The zero-order chi connectivity index (χ0) is 15.2. The fraction of sp³-hybridized carbons (Fsp3) is 0.0588. The first-order valence-electron chi connectivity index (χ1n) is 6.35. The molecule has 0 fully saturated rings. The molecular formula is C17H13BrN2O. The van der Waals surface area contributed by atoms with E-state index >= 15 is 0 Å². The smallest absolute Gasteiger partial charge is 0.266 e. The number of hydrogen-bond donors (Lipinski definition) is 1. The molecule has 1 N–H and O–H groups in total. The van der Waals surface area contributed by atoms with Gasteiger partial charge in [0.2, 0.25) is 0 Å². The van der Waals surface area contributed by atoms with E-state index in [-0.39, 0.29) is 5.57 Å². The van der Waals surface area contributed by atoms with Crippen molar-refractivity contribution in [2.75, 3.05) is 5.32 Å². The summed E-state index contributed by atoms with van der Waals surface area (Å²) in [6.07, 6.45) is 1.57. The van der Waals surface area contributed by atoms with Crippen LogP contribution in [0.3, 0.4) is 0 Å². The van der Waals surface area contributed by atoms with E-state index in [4.69, 9.17) is 0 Å². The van der Waals surface area contributed by atoms with Gasteiger partial charge in [0.05, 0.1) is 0 Å². The lowest BCUT2D eigenvalue weighted by Gasteiger charge is -2.07. The van der Waals surface area contributed by atoms with Gasteiger partial charge in [0.1, 0.15) is 11.6 Å². The highest BCUT2D eigenvalue weighted by molar-refractivity contribution is 9.10. The van der Waals surface area contributed by atoms with Crippen LogP contribution in [0, 0.1) is 18.3 Å². The third-order valence-electron chi connectivity index (χ3n) is 2.96. The summed E-state index contributed by atoms with van der Waals surface area (Å²) in [5, 5.41) is 12.0. The highest BCUT2D eigenvalue weighted by Crippen LogP contribution is 2.20. The maximum Gasteiger partial charge on any atom is 0.266 e. The number of carbonyl (C=O) groups is 1. The van der Waals surface area contributed by atoms with E-state index in [0.717, 1.165) is 15.6 Å². The van der Waals surface area contributed by atoms with E-state index in [1.165, 1.54) is 0 Å². The van der Waals surface area contributed by atoms with Crippen LogP contribution in [0.4, 0.5) is 5.69 Å². The molecule has 2 aromatic carbocycles. The summed E-state index contributed by atoms with van der Waals surface area (Å²) in [5.41, 5.74) is 2.50. The van der Waals surface area contributed by atoms with Crippen molar-refractivity contribution in [3.05, 3.63) is 69.7 Å². The lowest BCUT2D eigenvalue weighted by Crippen LogP contribution is -2.14. The summed E-state index contributed by atoms with van der Waals surface area (Å²) < 4.78 is 0.835. The minimum absolute atomic E-state index is 0.0603. The lowest BCUT2D eigenvalue weighted by atomic mass is 10.1. The monoisotopic (exact) mass is 340 g/mol. The van der Waals surface area contributed by atoms with Crippen molar-refractivity contribution in [1.29, 1.82) is 5.26 Å². The molecule has 0 heterocycles. The number of nitrogens with zero attached hydrogens (tertiary/aromatic N) is 1. The number of nitriles is 1. The second kappa shape index (κ2) is 6.87. The number of amides is 1. The van der Waals surface area contributed by atoms with Crippen molar-refractivity contribution in [2.45, 2.75) is 6.92 Å². The zero-order valence-corrected chi connectivity index (χ0v) is 13.0. The first-order valence-corrected chi connectivity index (χ1v) is 7.14. The first-order chi connectivity index (χ1) is 10.1. The number of aryl methyl sites for hydroxylation is 1. The highest BCUT2D eigenvalue weighted by Gasteiger charge is 2.11. The van der Waals surface area contributed by atoms with Gasteiger partial charge in [-0.25, -0.2) is 0 Å². The number of halogens is 1. The molecule has 0 unspecified atom stereocenters. The van der Waals surface area contributed by atoms with Crippen molar-refractivity contribution in [3.63, 3.8) is 0 Å². The number of benzene rings is 2. The molecule has 0 aliphatic carbocycles. The standard InChI is InChI=1S/C17H13BrN2O/c1-12-6-2-5-9-16(12)20-17(21)14(11-19)10-13-7-3-4-8-15(13)18/h2-10H,1H3,(H,20,21)/b14-10-. The Morgan fingerprint density at radius 3 is 2.52 bits per heavy atom. The topological polar surface area (TPSA) is 52.9 Å². The van der Waals surface area contributed by atoms with Gasteiger partial charge in [-0.15, -0.1) is 0 Å². The van der Waals surface area contributed by atoms with Crippen LogP contribution in [0.25, 0.3) is 6.08 Å². The highest BCUT2D eigenvalue weighted by atomic mass is 79.9. The molecule has 0 saturated carbocycles. The van der Waals surface area contributed by atoms with Crippen molar-refractivity contribution >= 4 is 33.6 Å². The molecule has 0 spiro atoms. The van der Waals surface area contributed by atoms with Crippen molar-refractivity contribution in [3.8, 4) is 6.07 Å². The lowest BCUT2D eigenvalue weighted by molar-refractivity contribution is -0.112. The molecule has 0 aromatic heterocycles. The van der Waals surface area contributed by atoms with Gasteiger partial charge in [0.15, 0.2) is 0 Å². The summed E-state index contributed by atoms with van der Waals surface area (Å²) in [4.78, 5) is 12.2. The van der Waals surface area contributed by atoms with Gasteiger partial charge < -0.3 is 5.32 Å². The number of carbonyl (C=O) groups excluding carboxylic acids is 1. The summed E-state index contributed by atoms with van der Waals surface area (Å²) in [7, 11) is 0. The number of para-hydroxylation sites is 1. The van der Waals surface area contributed by atoms with Gasteiger partial charge in [-0.2, -0.15) is 5.26 Å². The average molecular weight is 341 g/mol. The van der Waals surface area contributed by atoms with Crippen LogP contribution in [0.15, 0.2) is 58.6 Å². The molecule has 0 aliphatic rings. The van der Waals surface area contributed by atoms with Crippen LogP contribution in [-0.4, -0.2) is 5.91 Å². The van der Waals surface area contributed by atoms with Gasteiger partial charge >= 0.3 is 0 Å². The Morgan fingerprint density at radius 1 is 1.19 bits per heavy atom. The van der Waals surface area contributed by atoms with Crippen molar-refractivity contribution in [2.24, 2.45) is 0 Å². The van der Waals surface area contributed by atoms with Crippen LogP contribution in [0.1, 0.15) is 11.1 Å². The predicted molar refractivity (Wildman–Crippen MR) is 87.5 cm³/mol. The second-order valence-corrected chi connectivity index (χ2v) is 5.31. The molecule has 21 heavy (non-hydrogen) atoms. The number of hydrogen-bond acceptors (Lipinski definition) is 2. The van der Waals surface area contributed by atoms with Gasteiger partial charge in [-0.05, 0) is 36.3 Å². The molecule has 1 amide bonds. The van der Waals surface area contributed by atoms with E-state index in [1.54, 1.807) is 12.1 Å². The summed E-state index contributed by atoms with van der Waals surface area (Å²) in [6.45, 7) is 1.90. The zero-order valence-electron chi connectivity index (χ0n) is 11.4. The molecule has 2 rings (SSSR count). The Hall–Kier alpha value is -2.38. The molecule has 104 valence electrons. The second-order valence-electron chi connectivity index (χ2n) is 4.46. The van der Waals surface area contributed by atoms with Crippen molar-refractivity contribution in [1.82, 2.24) is 0 Å². The first kappa shape index (κ1) is 15.0. The SMILES string of the molecule is Cc1ccccc1NC(=O)/C(C#N)=C\c1ccccc1Br. The Morgan fingerprint density at radius 2 is 1.86 bits per heavy atom. The van der Waals surface area contributed by atoms with Crippen LogP contribution in [0.5, 0.6) is 0 Å². The van der Waals surface area contributed by atoms with E-state index < -0.39 is 5.91 Å². The Bertz CT molecular complexity index is 744. The normalized spacial score (nSPS) is 10.8. The molecule has 0 bridgehead atoms. The Balaban J connectivity index is 2.26. The molecule has 0 radical (unpaired) electrons. The molecule has 0 aliphatic heterocycles. The van der Waals surface area contributed by atoms with Crippen LogP contribution in [-0.2, 0) is 4.79 Å². The summed E-state index contributed by atoms with van der Waals surface area (Å²) >= 11 is 3.40. The number of rotatable bonds is 3. The van der Waals surface area contributed by atoms with Crippen LogP contribution < -0.4 is 5.32 Å². The van der Waals surface area contributed by atoms with E-state index in [1.807, 2.05) is 55.5 Å². The van der Waals surface area contributed by atoms with Crippen molar-refractivity contribution < 1.29 is 4.79 Å². The van der Waals surface area contributed by atoms with Gasteiger partial charge in [0.25, 0.3) is 5.91 Å². The minimum Gasteiger partial charge on any atom is -0.321 e. The molecule has 3 nitrogen and oxygen atoms in total. The molecule has 0 saturated heterocycles. The molecule has 2 aromatic rings. The third-order valence-corrected chi connectivity index (χ3v) is 3.69. The molecular weight excluding hydrogens is 328 g/mol. The van der Waals surface area contributed by atoms with Gasteiger partial charge in [-0.3, -0.25) is 4.79 Å². The van der Waals surface area contributed by atoms with Crippen LogP contribution in [0.2, 0.25) is 0 Å². The minimum atomic E-state index is -0.414. The van der Waals surface area contributed by atoms with Gasteiger partial charge in [-0.1, -0.05) is 52.3 Å². The van der Waals surface area contributed by atoms with E-state index in [0.29, 0.717) is 5.69 Å². The largest absolute Gasteiger partial charge is 0.321 e. The number of anilines is 1. The Kier molecular flexibility index (Phi) is 4.91. The predicted octanol–water partition coefficient (Wildman–Crippen LogP) is 4.30. The fourth-order valence-corrected chi connectivity index (χ4v) is 2.20.